The molecule has 0 heterocycles. The Morgan fingerprint density at radius 3 is 2.29 bits per heavy atom. The topological polar surface area (TPSA) is 64.3 Å². The number of carbonyl (C=O) groups is 1. The summed E-state index contributed by atoms with van der Waals surface area (Å²) in [5.41, 5.74) is 6.25. The lowest BCUT2D eigenvalue weighted by Crippen LogP contribution is -2.46. The lowest BCUT2D eigenvalue weighted by molar-refractivity contribution is -0.128. The molecule has 0 aliphatic heterocycles. The SMILES string of the molecule is CC(C)(N)CNC(=O)C(Oc1ccc(Br)cc1)c1ccccc1.Cl. The van der Waals surface area contributed by atoms with Crippen LogP contribution in [0.2, 0.25) is 0 Å². The number of nitrogens with one attached hydrogen (secondary N) is 1. The predicted octanol–water partition coefficient (Wildman–Crippen LogP) is 3.84. The first-order chi connectivity index (χ1) is 10.8. The van der Waals surface area contributed by atoms with Gasteiger partial charge in [-0.3, -0.25) is 4.79 Å². The summed E-state index contributed by atoms with van der Waals surface area (Å²) in [6, 6.07) is 16.8. The number of carbonyl (C=O) groups excluding carboxylic acids is 1. The minimum absolute atomic E-state index is 0. The fraction of sp³-hybridized carbons (Fsp3) is 0.278. The van der Waals surface area contributed by atoms with Crippen LogP contribution >= 0.6 is 28.3 Å². The van der Waals surface area contributed by atoms with E-state index in [-0.39, 0.29) is 18.3 Å². The maximum Gasteiger partial charge on any atom is 0.265 e. The monoisotopic (exact) mass is 412 g/mol. The molecule has 6 heteroatoms. The van der Waals surface area contributed by atoms with Crippen LogP contribution in [0.3, 0.4) is 0 Å². The maximum absolute atomic E-state index is 12.6. The summed E-state index contributed by atoms with van der Waals surface area (Å²) in [4.78, 5) is 12.6. The number of amides is 1. The van der Waals surface area contributed by atoms with Crippen LogP contribution < -0.4 is 15.8 Å². The molecule has 0 spiro atoms. The van der Waals surface area contributed by atoms with Gasteiger partial charge in [0.15, 0.2) is 0 Å². The molecule has 0 aromatic heterocycles. The number of hydrogen-bond acceptors (Lipinski definition) is 3. The smallest absolute Gasteiger partial charge is 0.265 e. The molecule has 1 unspecified atom stereocenters. The van der Waals surface area contributed by atoms with Crippen molar-refractivity contribution in [3.63, 3.8) is 0 Å². The van der Waals surface area contributed by atoms with Gasteiger partial charge in [0.25, 0.3) is 5.91 Å². The summed E-state index contributed by atoms with van der Waals surface area (Å²) < 4.78 is 6.86. The Labute approximate surface area is 157 Å². The van der Waals surface area contributed by atoms with Gasteiger partial charge in [-0.1, -0.05) is 46.3 Å². The number of nitrogens with two attached hydrogens (primary N) is 1. The lowest BCUT2D eigenvalue weighted by Gasteiger charge is -2.23. The van der Waals surface area contributed by atoms with E-state index in [4.69, 9.17) is 10.5 Å². The fourth-order valence-corrected chi connectivity index (χ4v) is 2.22. The number of halogens is 2. The summed E-state index contributed by atoms with van der Waals surface area (Å²) in [5.74, 6) is 0.418. The van der Waals surface area contributed by atoms with Crippen molar-refractivity contribution in [1.82, 2.24) is 5.32 Å². The molecule has 0 aliphatic rings. The molecule has 0 bridgehead atoms. The van der Waals surface area contributed by atoms with Crippen LogP contribution in [0.5, 0.6) is 5.75 Å². The second kappa shape index (κ2) is 9.06. The number of rotatable bonds is 6. The van der Waals surface area contributed by atoms with Crippen molar-refractivity contribution in [2.24, 2.45) is 5.73 Å². The van der Waals surface area contributed by atoms with E-state index in [1.165, 1.54) is 0 Å². The Kier molecular flexibility index (Phi) is 7.73. The fourth-order valence-electron chi connectivity index (χ4n) is 1.96. The summed E-state index contributed by atoms with van der Waals surface area (Å²) in [5, 5.41) is 2.85. The standard InChI is InChI=1S/C18H21BrN2O2.ClH/c1-18(2,20)12-21-17(22)16(13-6-4-3-5-7-13)23-15-10-8-14(19)9-11-15;/h3-11,16H,12,20H2,1-2H3,(H,21,22);1H. The zero-order valence-corrected chi connectivity index (χ0v) is 16.1. The van der Waals surface area contributed by atoms with Gasteiger partial charge in [0.1, 0.15) is 5.75 Å². The molecule has 0 radical (unpaired) electrons. The Morgan fingerprint density at radius 1 is 1.17 bits per heavy atom. The average Bonchev–Trinajstić information content (AvgIpc) is 2.52. The summed E-state index contributed by atoms with van der Waals surface area (Å²) in [7, 11) is 0. The molecule has 1 amide bonds. The van der Waals surface area contributed by atoms with Gasteiger partial charge in [-0.05, 0) is 38.1 Å². The second-order valence-electron chi connectivity index (χ2n) is 6.07. The number of ether oxygens (including phenoxy) is 1. The summed E-state index contributed by atoms with van der Waals surface area (Å²) in [6.07, 6.45) is -0.722. The molecule has 0 saturated heterocycles. The van der Waals surface area contributed by atoms with Crippen molar-refractivity contribution in [2.45, 2.75) is 25.5 Å². The Bertz CT molecular complexity index is 642. The van der Waals surface area contributed by atoms with Crippen molar-refractivity contribution < 1.29 is 9.53 Å². The van der Waals surface area contributed by atoms with E-state index in [1.54, 1.807) is 0 Å². The first kappa shape index (κ1) is 20.5. The highest BCUT2D eigenvalue weighted by atomic mass is 79.9. The summed E-state index contributed by atoms with van der Waals surface area (Å²) >= 11 is 3.38. The minimum atomic E-state index is -0.722. The number of benzene rings is 2. The van der Waals surface area contributed by atoms with Gasteiger partial charge < -0.3 is 15.8 Å². The molecule has 24 heavy (non-hydrogen) atoms. The highest BCUT2D eigenvalue weighted by molar-refractivity contribution is 9.10. The maximum atomic E-state index is 12.6. The molecule has 0 saturated carbocycles. The molecular weight excluding hydrogens is 392 g/mol. The van der Waals surface area contributed by atoms with Crippen LogP contribution in [0.1, 0.15) is 25.5 Å². The van der Waals surface area contributed by atoms with E-state index >= 15 is 0 Å². The Morgan fingerprint density at radius 2 is 1.75 bits per heavy atom. The van der Waals surface area contributed by atoms with Crippen LogP contribution in [0, 0.1) is 0 Å². The highest BCUT2D eigenvalue weighted by Crippen LogP contribution is 2.24. The lowest BCUT2D eigenvalue weighted by atomic mass is 10.1. The molecule has 130 valence electrons. The van der Waals surface area contributed by atoms with Crippen LogP contribution in [0.25, 0.3) is 0 Å². The van der Waals surface area contributed by atoms with Crippen LogP contribution in [-0.4, -0.2) is 18.0 Å². The molecule has 0 fully saturated rings. The van der Waals surface area contributed by atoms with Crippen molar-refractivity contribution in [2.75, 3.05) is 6.54 Å². The third kappa shape index (κ3) is 6.51. The molecule has 0 aliphatic carbocycles. The minimum Gasteiger partial charge on any atom is -0.476 e. The zero-order chi connectivity index (χ0) is 16.9. The van der Waals surface area contributed by atoms with Crippen LogP contribution in [-0.2, 0) is 4.79 Å². The van der Waals surface area contributed by atoms with Crippen molar-refractivity contribution in [3.05, 3.63) is 64.6 Å². The van der Waals surface area contributed by atoms with Gasteiger partial charge in [-0.25, -0.2) is 0 Å². The molecule has 2 aromatic carbocycles. The van der Waals surface area contributed by atoms with Crippen molar-refractivity contribution in [3.8, 4) is 5.75 Å². The van der Waals surface area contributed by atoms with E-state index < -0.39 is 11.6 Å². The molecular formula is C18H22BrClN2O2. The van der Waals surface area contributed by atoms with Gasteiger partial charge in [0.05, 0.1) is 0 Å². The average molecular weight is 414 g/mol. The van der Waals surface area contributed by atoms with E-state index in [2.05, 4.69) is 21.2 Å². The van der Waals surface area contributed by atoms with Gasteiger partial charge in [0, 0.05) is 22.1 Å². The quantitative estimate of drug-likeness (QED) is 0.756. The van der Waals surface area contributed by atoms with E-state index in [0.29, 0.717) is 12.3 Å². The normalized spacial score (nSPS) is 12.0. The van der Waals surface area contributed by atoms with E-state index in [0.717, 1.165) is 10.0 Å². The van der Waals surface area contributed by atoms with E-state index in [9.17, 15) is 4.79 Å². The predicted molar refractivity (Wildman–Crippen MR) is 102 cm³/mol. The first-order valence-corrected chi connectivity index (χ1v) is 8.18. The van der Waals surface area contributed by atoms with Crippen molar-refractivity contribution >= 4 is 34.2 Å². The molecule has 3 N–H and O–H groups in total. The van der Waals surface area contributed by atoms with Gasteiger partial charge in [-0.2, -0.15) is 0 Å². The van der Waals surface area contributed by atoms with Crippen LogP contribution in [0.15, 0.2) is 59.1 Å². The van der Waals surface area contributed by atoms with Gasteiger partial charge >= 0.3 is 0 Å². The number of hydrogen-bond donors (Lipinski definition) is 2. The first-order valence-electron chi connectivity index (χ1n) is 7.39. The Balaban J connectivity index is 0.00000288. The molecule has 1 atom stereocenters. The van der Waals surface area contributed by atoms with Crippen LogP contribution in [0.4, 0.5) is 0 Å². The van der Waals surface area contributed by atoms with E-state index in [1.807, 2.05) is 68.4 Å². The zero-order valence-electron chi connectivity index (χ0n) is 13.7. The second-order valence-corrected chi connectivity index (χ2v) is 6.98. The van der Waals surface area contributed by atoms with Crippen molar-refractivity contribution in [1.29, 1.82) is 0 Å². The van der Waals surface area contributed by atoms with Gasteiger partial charge in [-0.15, -0.1) is 12.4 Å². The third-order valence-electron chi connectivity index (χ3n) is 3.13. The van der Waals surface area contributed by atoms with Gasteiger partial charge in [0.2, 0.25) is 6.10 Å². The molecule has 2 aromatic rings. The third-order valence-corrected chi connectivity index (χ3v) is 3.65. The highest BCUT2D eigenvalue weighted by Gasteiger charge is 2.24. The molecule has 2 rings (SSSR count). The Hall–Kier alpha value is -1.56. The largest absolute Gasteiger partial charge is 0.476 e. The molecule has 4 nitrogen and oxygen atoms in total. The summed E-state index contributed by atoms with van der Waals surface area (Å²) in [6.45, 7) is 4.10.